The summed E-state index contributed by atoms with van der Waals surface area (Å²) in [5.41, 5.74) is 8.50. The Hall–Kier alpha value is -1.68. The second-order valence-electron chi connectivity index (χ2n) is 3.84. The zero-order valence-corrected chi connectivity index (χ0v) is 10.2. The molecule has 0 saturated carbocycles. The molecule has 0 amide bonds. The number of nitrogens with two attached hydrogens (primary N) is 1. The molecule has 1 heterocycles. The molecule has 3 nitrogen and oxygen atoms in total. The number of aryl methyl sites for hydroxylation is 2. The summed E-state index contributed by atoms with van der Waals surface area (Å²) in [6.45, 7) is 3.61. The number of hydrogen-bond donors (Lipinski definition) is 1. The van der Waals surface area contributed by atoms with Crippen molar-refractivity contribution in [3.8, 4) is 11.3 Å². The van der Waals surface area contributed by atoms with Crippen molar-refractivity contribution in [2.75, 3.05) is 5.73 Å². The second-order valence-corrected chi connectivity index (χ2v) is 4.21. The first-order valence-corrected chi connectivity index (χ1v) is 5.41. The molecular weight excluding hydrogens is 241 g/mol. The standard InChI is InChI=1S/C12H11ClFN3/c1-6-3-8(14)4-7(2)9(6)11-10(13)12(15)17-5-16-11/h3-5H,1-2H3,(H2,15,16,17). The Bertz CT molecular complexity index is 561. The number of rotatable bonds is 1. The van der Waals surface area contributed by atoms with E-state index in [2.05, 4.69) is 9.97 Å². The lowest BCUT2D eigenvalue weighted by Crippen LogP contribution is -1.98. The minimum Gasteiger partial charge on any atom is -0.382 e. The van der Waals surface area contributed by atoms with Crippen molar-refractivity contribution < 1.29 is 4.39 Å². The number of benzene rings is 1. The lowest BCUT2D eigenvalue weighted by atomic mass is 9.99. The van der Waals surface area contributed by atoms with Crippen LogP contribution in [0.5, 0.6) is 0 Å². The van der Waals surface area contributed by atoms with Crippen LogP contribution in [0.1, 0.15) is 11.1 Å². The fourth-order valence-corrected chi connectivity index (χ4v) is 2.03. The van der Waals surface area contributed by atoms with Gasteiger partial charge in [-0.1, -0.05) is 11.6 Å². The van der Waals surface area contributed by atoms with Crippen LogP contribution >= 0.6 is 11.6 Å². The summed E-state index contributed by atoms with van der Waals surface area (Å²) >= 11 is 6.07. The predicted molar refractivity (Wildman–Crippen MR) is 66.3 cm³/mol. The average Bonchev–Trinajstić information content (AvgIpc) is 2.23. The smallest absolute Gasteiger partial charge is 0.146 e. The number of hydrogen-bond acceptors (Lipinski definition) is 3. The topological polar surface area (TPSA) is 51.8 Å². The third kappa shape index (κ3) is 2.08. The van der Waals surface area contributed by atoms with Gasteiger partial charge in [0.05, 0.1) is 5.69 Å². The molecule has 2 rings (SSSR count). The molecule has 0 radical (unpaired) electrons. The molecule has 1 aromatic carbocycles. The fraction of sp³-hybridized carbons (Fsp3) is 0.167. The van der Waals surface area contributed by atoms with Crippen molar-refractivity contribution in [2.45, 2.75) is 13.8 Å². The molecule has 0 bridgehead atoms. The molecule has 88 valence electrons. The Morgan fingerprint density at radius 3 is 2.35 bits per heavy atom. The lowest BCUT2D eigenvalue weighted by Gasteiger charge is -2.11. The monoisotopic (exact) mass is 251 g/mol. The molecule has 2 aromatic rings. The molecule has 0 aliphatic heterocycles. The largest absolute Gasteiger partial charge is 0.382 e. The van der Waals surface area contributed by atoms with Gasteiger partial charge < -0.3 is 5.73 Å². The SMILES string of the molecule is Cc1cc(F)cc(C)c1-c1ncnc(N)c1Cl. The van der Waals surface area contributed by atoms with Gasteiger partial charge in [0.1, 0.15) is 23.0 Å². The summed E-state index contributed by atoms with van der Waals surface area (Å²) in [5.74, 6) is -0.0540. The average molecular weight is 252 g/mol. The van der Waals surface area contributed by atoms with Crippen LogP contribution in [0.3, 0.4) is 0 Å². The van der Waals surface area contributed by atoms with Gasteiger partial charge in [0, 0.05) is 5.56 Å². The van der Waals surface area contributed by atoms with Gasteiger partial charge in [-0.2, -0.15) is 0 Å². The highest BCUT2D eigenvalue weighted by Crippen LogP contribution is 2.33. The fourth-order valence-electron chi connectivity index (χ4n) is 1.84. The highest BCUT2D eigenvalue weighted by atomic mass is 35.5. The highest BCUT2D eigenvalue weighted by molar-refractivity contribution is 6.35. The zero-order valence-electron chi connectivity index (χ0n) is 9.46. The summed E-state index contributed by atoms with van der Waals surface area (Å²) in [5, 5.41) is 0.297. The van der Waals surface area contributed by atoms with E-state index in [4.69, 9.17) is 17.3 Å². The summed E-state index contributed by atoms with van der Waals surface area (Å²) < 4.78 is 13.2. The number of nitrogens with zero attached hydrogens (tertiary/aromatic N) is 2. The van der Waals surface area contributed by atoms with E-state index in [-0.39, 0.29) is 11.6 Å². The first kappa shape index (κ1) is 11.8. The van der Waals surface area contributed by atoms with Crippen LogP contribution in [0.15, 0.2) is 18.5 Å². The Labute approximate surface area is 103 Å². The normalized spacial score (nSPS) is 10.6. The summed E-state index contributed by atoms with van der Waals surface area (Å²) in [4.78, 5) is 7.92. The Morgan fingerprint density at radius 1 is 1.18 bits per heavy atom. The van der Waals surface area contributed by atoms with Crippen LogP contribution in [0.4, 0.5) is 10.2 Å². The third-order valence-corrected chi connectivity index (χ3v) is 2.92. The Balaban J connectivity index is 2.73. The highest BCUT2D eigenvalue weighted by Gasteiger charge is 2.14. The molecule has 17 heavy (non-hydrogen) atoms. The Morgan fingerprint density at radius 2 is 1.76 bits per heavy atom. The summed E-state index contributed by atoms with van der Waals surface area (Å²) in [7, 11) is 0. The Kier molecular flexibility index (Phi) is 2.98. The second kappa shape index (κ2) is 4.30. The van der Waals surface area contributed by atoms with E-state index in [0.717, 1.165) is 16.7 Å². The van der Waals surface area contributed by atoms with E-state index < -0.39 is 0 Å². The van der Waals surface area contributed by atoms with Crippen LogP contribution < -0.4 is 5.73 Å². The van der Waals surface area contributed by atoms with Crippen LogP contribution in [0, 0.1) is 19.7 Å². The van der Waals surface area contributed by atoms with Gasteiger partial charge in [0.15, 0.2) is 0 Å². The summed E-state index contributed by atoms with van der Waals surface area (Å²) in [6, 6.07) is 2.88. The van der Waals surface area contributed by atoms with Gasteiger partial charge >= 0.3 is 0 Å². The van der Waals surface area contributed by atoms with Gasteiger partial charge in [0.25, 0.3) is 0 Å². The molecule has 0 spiro atoms. The van der Waals surface area contributed by atoms with E-state index in [1.165, 1.54) is 18.5 Å². The van der Waals surface area contributed by atoms with E-state index in [0.29, 0.717) is 10.7 Å². The molecule has 0 saturated heterocycles. The first-order valence-electron chi connectivity index (χ1n) is 5.03. The number of aromatic nitrogens is 2. The maximum Gasteiger partial charge on any atom is 0.146 e. The lowest BCUT2D eigenvalue weighted by molar-refractivity contribution is 0.625. The van der Waals surface area contributed by atoms with Crippen molar-refractivity contribution in [3.63, 3.8) is 0 Å². The van der Waals surface area contributed by atoms with Crippen molar-refractivity contribution in [2.24, 2.45) is 0 Å². The minimum absolute atomic E-state index is 0.222. The van der Waals surface area contributed by atoms with Crippen molar-refractivity contribution in [3.05, 3.63) is 40.4 Å². The van der Waals surface area contributed by atoms with Crippen molar-refractivity contribution in [1.82, 2.24) is 9.97 Å². The molecule has 1 aromatic heterocycles. The van der Waals surface area contributed by atoms with Crippen molar-refractivity contribution >= 4 is 17.4 Å². The quantitative estimate of drug-likeness (QED) is 0.847. The molecule has 0 aliphatic carbocycles. The van der Waals surface area contributed by atoms with Gasteiger partial charge in [-0.15, -0.1) is 0 Å². The van der Waals surface area contributed by atoms with Crippen LogP contribution in [0.25, 0.3) is 11.3 Å². The number of halogens is 2. The van der Waals surface area contributed by atoms with Crippen LogP contribution in [0.2, 0.25) is 5.02 Å². The van der Waals surface area contributed by atoms with Crippen LogP contribution in [-0.4, -0.2) is 9.97 Å². The number of nitrogen functional groups attached to an aromatic ring is 1. The zero-order chi connectivity index (χ0) is 12.6. The van der Waals surface area contributed by atoms with Gasteiger partial charge in [0.2, 0.25) is 0 Å². The maximum absolute atomic E-state index is 13.2. The maximum atomic E-state index is 13.2. The first-order chi connectivity index (χ1) is 8.00. The molecule has 0 aliphatic rings. The van der Waals surface area contributed by atoms with Gasteiger partial charge in [-0.05, 0) is 37.1 Å². The van der Waals surface area contributed by atoms with Gasteiger partial charge in [-0.25, -0.2) is 14.4 Å². The van der Waals surface area contributed by atoms with E-state index in [1.54, 1.807) is 13.8 Å². The molecule has 0 unspecified atom stereocenters. The van der Waals surface area contributed by atoms with Crippen molar-refractivity contribution in [1.29, 1.82) is 0 Å². The molecule has 2 N–H and O–H groups in total. The predicted octanol–water partition coefficient (Wildman–Crippen LogP) is 3.14. The molecule has 0 atom stereocenters. The van der Waals surface area contributed by atoms with E-state index in [9.17, 15) is 4.39 Å². The van der Waals surface area contributed by atoms with Crippen LogP contribution in [-0.2, 0) is 0 Å². The van der Waals surface area contributed by atoms with Gasteiger partial charge in [-0.3, -0.25) is 0 Å². The van der Waals surface area contributed by atoms with E-state index >= 15 is 0 Å². The molecule has 5 heteroatoms. The molecule has 0 fully saturated rings. The summed E-state index contributed by atoms with van der Waals surface area (Å²) in [6.07, 6.45) is 1.35. The molecular formula is C12H11ClFN3. The number of anilines is 1. The minimum atomic E-state index is -0.276. The third-order valence-electron chi connectivity index (χ3n) is 2.55. The van der Waals surface area contributed by atoms with E-state index in [1.807, 2.05) is 0 Å².